The largest absolute Gasteiger partial charge is 0.406 e. The Bertz CT molecular complexity index is 527. The Morgan fingerprint density at radius 2 is 2.20 bits per heavy atom. The Morgan fingerprint density at radius 3 is 2.75 bits per heavy atom. The number of thiophene rings is 1. The molecule has 1 aromatic heterocycles. The maximum Gasteiger partial charge on any atom is 0.406 e. The van der Waals surface area contributed by atoms with Crippen molar-refractivity contribution >= 4 is 23.2 Å². The molecule has 1 atom stereocenters. The van der Waals surface area contributed by atoms with E-state index in [1.54, 1.807) is 12.1 Å². The molecule has 20 heavy (non-hydrogen) atoms. The first-order chi connectivity index (χ1) is 9.24. The molecule has 2 heterocycles. The maximum absolute atomic E-state index is 12.3. The summed E-state index contributed by atoms with van der Waals surface area (Å²) in [6.07, 6.45) is -4.51. The number of halogens is 3. The number of nitrogens with one attached hydrogen (secondary N) is 1. The molecule has 0 saturated carbocycles. The van der Waals surface area contributed by atoms with Gasteiger partial charge in [-0.2, -0.15) is 13.2 Å². The summed E-state index contributed by atoms with van der Waals surface area (Å²) in [5, 5.41) is 2.60. The zero-order valence-corrected chi connectivity index (χ0v) is 11.5. The molecule has 1 saturated heterocycles. The summed E-state index contributed by atoms with van der Waals surface area (Å²) in [5.41, 5.74) is 0. The quantitative estimate of drug-likeness (QED) is 0.928. The number of alkyl halides is 3. The second-order valence-corrected chi connectivity index (χ2v) is 5.96. The normalized spacial score (nSPS) is 19.5. The summed E-state index contributed by atoms with van der Waals surface area (Å²) in [7, 11) is 0. The van der Waals surface area contributed by atoms with Crippen molar-refractivity contribution in [2.75, 3.05) is 13.1 Å². The third-order valence-electron chi connectivity index (χ3n) is 2.88. The van der Waals surface area contributed by atoms with Gasteiger partial charge in [-0.3, -0.25) is 9.59 Å². The third kappa shape index (κ3) is 3.72. The molecular weight excluding hydrogens is 293 g/mol. The Hall–Kier alpha value is -1.57. The fourth-order valence-corrected chi connectivity index (χ4v) is 2.82. The van der Waals surface area contributed by atoms with Crippen molar-refractivity contribution < 1.29 is 22.8 Å². The zero-order chi connectivity index (χ0) is 14.9. The average Bonchev–Trinajstić information content (AvgIpc) is 2.84. The van der Waals surface area contributed by atoms with Crippen LogP contribution >= 0.6 is 11.3 Å². The standard InChI is InChI=1S/C12H13F3N2O2S/c1-7-2-3-9(20-7)11(19)16-8-4-10(18)17(5-8)6-12(13,14)15/h2-3,8H,4-6H2,1H3,(H,16,19). The predicted octanol–water partition coefficient (Wildman–Crippen LogP) is 1.95. The van der Waals surface area contributed by atoms with E-state index in [2.05, 4.69) is 5.32 Å². The lowest BCUT2D eigenvalue weighted by Gasteiger charge is -2.18. The van der Waals surface area contributed by atoms with Crippen molar-refractivity contribution in [3.63, 3.8) is 0 Å². The minimum absolute atomic E-state index is 0.0911. The average molecular weight is 306 g/mol. The number of carbonyl (C=O) groups is 2. The van der Waals surface area contributed by atoms with Crippen LogP contribution in [-0.4, -0.2) is 42.0 Å². The SMILES string of the molecule is Cc1ccc(C(=O)NC2CC(=O)N(CC(F)(F)F)C2)s1. The first-order valence-corrected chi connectivity index (χ1v) is 6.78. The van der Waals surface area contributed by atoms with Crippen molar-refractivity contribution in [2.45, 2.75) is 25.6 Å². The van der Waals surface area contributed by atoms with Crippen LogP contribution in [0.2, 0.25) is 0 Å². The summed E-state index contributed by atoms with van der Waals surface area (Å²) in [5.74, 6) is -0.940. The highest BCUT2D eigenvalue weighted by Gasteiger charge is 2.38. The van der Waals surface area contributed by atoms with Gasteiger partial charge in [0.25, 0.3) is 5.91 Å². The molecule has 1 N–H and O–H groups in total. The molecular formula is C12H13F3N2O2S. The second-order valence-electron chi connectivity index (χ2n) is 4.67. The molecule has 1 aliphatic rings. The molecule has 110 valence electrons. The molecule has 4 nitrogen and oxygen atoms in total. The Labute approximate surface area is 117 Å². The summed E-state index contributed by atoms with van der Waals surface area (Å²) in [4.78, 5) is 25.5. The van der Waals surface area contributed by atoms with Crippen molar-refractivity contribution in [2.24, 2.45) is 0 Å². The molecule has 2 amide bonds. The topological polar surface area (TPSA) is 49.4 Å². The molecule has 0 radical (unpaired) electrons. The van der Waals surface area contributed by atoms with Crippen LogP contribution < -0.4 is 5.32 Å². The van der Waals surface area contributed by atoms with Crippen molar-refractivity contribution in [1.29, 1.82) is 0 Å². The van der Waals surface area contributed by atoms with E-state index in [1.165, 1.54) is 11.3 Å². The van der Waals surface area contributed by atoms with E-state index in [1.807, 2.05) is 6.92 Å². The van der Waals surface area contributed by atoms with E-state index in [0.29, 0.717) is 4.88 Å². The van der Waals surface area contributed by atoms with Gasteiger partial charge in [-0.25, -0.2) is 0 Å². The molecule has 1 aliphatic heterocycles. The zero-order valence-electron chi connectivity index (χ0n) is 10.7. The number of hydrogen-bond donors (Lipinski definition) is 1. The van der Waals surface area contributed by atoms with E-state index >= 15 is 0 Å². The van der Waals surface area contributed by atoms with Crippen molar-refractivity contribution in [3.05, 3.63) is 21.9 Å². The number of likely N-dealkylation sites (tertiary alicyclic amines) is 1. The Morgan fingerprint density at radius 1 is 1.50 bits per heavy atom. The van der Waals surface area contributed by atoms with Gasteiger partial charge in [0, 0.05) is 17.8 Å². The van der Waals surface area contributed by atoms with E-state index in [9.17, 15) is 22.8 Å². The molecule has 0 aliphatic carbocycles. The molecule has 1 fully saturated rings. The fourth-order valence-electron chi connectivity index (χ4n) is 2.05. The minimum Gasteiger partial charge on any atom is -0.346 e. The number of amides is 2. The molecule has 1 unspecified atom stereocenters. The van der Waals surface area contributed by atoms with Gasteiger partial charge in [-0.15, -0.1) is 11.3 Å². The number of rotatable bonds is 3. The Kier molecular flexibility index (Phi) is 4.03. The molecule has 0 aromatic carbocycles. The third-order valence-corrected chi connectivity index (χ3v) is 3.88. The van der Waals surface area contributed by atoms with Gasteiger partial charge >= 0.3 is 6.18 Å². The van der Waals surface area contributed by atoms with E-state index in [-0.39, 0.29) is 18.9 Å². The summed E-state index contributed by atoms with van der Waals surface area (Å²) in [6, 6.07) is 2.87. The van der Waals surface area contributed by atoms with Crippen LogP contribution in [0.4, 0.5) is 13.2 Å². The van der Waals surface area contributed by atoms with Crippen LogP contribution in [-0.2, 0) is 4.79 Å². The van der Waals surface area contributed by atoms with Crippen LogP contribution in [0.25, 0.3) is 0 Å². The van der Waals surface area contributed by atoms with Gasteiger partial charge in [0.15, 0.2) is 0 Å². The summed E-state index contributed by atoms with van der Waals surface area (Å²) >= 11 is 1.30. The summed E-state index contributed by atoms with van der Waals surface area (Å²) < 4.78 is 36.8. The van der Waals surface area contributed by atoms with Crippen molar-refractivity contribution in [3.8, 4) is 0 Å². The van der Waals surface area contributed by atoms with Gasteiger partial charge in [0.1, 0.15) is 6.54 Å². The monoisotopic (exact) mass is 306 g/mol. The Balaban J connectivity index is 1.92. The molecule has 2 rings (SSSR count). The van der Waals surface area contributed by atoms with Gasteiger partial charge in [0.2, 0.25) is 5.91 Å². The molecule has 0 bridgehead atoms. The lowest BCUT2D eigenvalue weighted by atomic mass is 10.2. The number of carbonyl (C=O) groups excluding carboxylic acids is 2. The number of hydrogen-bond acceptors (Lipinski definition) is 3. The van der Waals surface area contributed by atoms with Crippen LogP contribution in [0.15, 0.2) is 12.1 Å². The van der Waals surface area contributed by atoms with Gasteiger partial charge in [0.05, 0.1) is 10.9 Å². The smallest absolute Gasteiger partial charge is 0.346 e. The highest BCUT2D eigenvalue weighted by Crippen LogP contribution is 2.21. The number of aryl methyl sites for hydroxylation is 1. The first-order valence-electron chi connectivity index (χ1n) is 5.96. The maximum atomic E-state index is 12.3. The second kappa shape index (κ2) is 5.43. The molecule has 0 spiro atoms. The fraction of sp³-hybridized carbons (Fsp3) is 0.500. The van der Waals surface area contributed by atoms with E-state index in [4.69, 9.17) is 0 Å². The number of nitrogens with zero attached hydrogens (tertiary/aromatic N) is 1. The van der Waals surface area contributed by atoms with Crippen LogP contribution in [0.3, 0.4) is 0 Å². The van der Waals surface area contributed by atoms with Gasteiger partial charge in [-0.05, 0) is 19.1 Å². The van der Waals surface area contributed by atoms with Crippen LogP contribution in [0.1, 0.15) is 21.0 Å². The minimum atomic E-state index is -4.42. The van der Waals surface area contributed by atoms with Crippen LogP contribution in [0.5, 0.6) is 0 Å². The van der Waals surface area contributed by atoms with Crippen LogP contribution in [0, 0.1) is 6.92 Å². The molecule has 1 aromatic rings. The van der Waals surface area contributed by atoms with Gasteiger partial charge in [-0.1, -0.05) is 0 Å². The first kappa shape index (κ1) is 14.8. The van der Waals surface area contributed by atoms with Crippen molar-refractivity contribution in [1.82, 2.24) is 10.2 Å². The van der Waals surface area contributed by atoms with Gasteiger partial charge < -0.3 is 10.2 Å². The lowest BCUT2D eigenvalue weighted by molar-refractivity contribution is -0.157. The van der Waals surface area contributed by atoms with E-state index < -0.39 is 24.7 Å². The van der Waals surface area contributed by atoms with E-state index in [0.717, 1.165) is 9.78 Å². The predicted molar refractivity (Wildman–Crippen MR) is 67.6 cm³/mol. The highest BCUT2D eigenvalue weighted by atomic mass is 32.1. The highest BCUT2D eigenvalue weighted by molar-refractivity contribution is 7.13. The lowest BCUT2D eigenvalue weighted by Crippen LogP contribution is -2.39. The summed E-state index contributed by atoms with van der Waals surface area (Å²) in [6.45, 7) is 0.483. The molecule has 8 heteroatoms.